The molecule has 1 rings (SSSR count). The number of aliphatic imine (C=N–C) groups is 1. The van der Waals surface area contributed by atoms with Crippen molar-refractivity contribution in [3.63, 3.8) is 0 Å². The van der Waals surface area contributed by atoms with Crippen LogP contribution in [0.3, 0.4) is 0 Å². The van der Waals surface area contributed by atoms with Crippen molar-refractivity contribution < 1.29 is 4.74 Å². The van der Waals surface area contributed by atoms with Crippen LogP contribution in [0.2, 0.25) is 0 Å². The van der Waals surface area contributed by atoms with Gasteiger partial charge in [0.2, 0.25) is 0 Å². The predicted molar refractivity (Wildman–Crippen MR) is 114 cm³/mol. The zero-order valence-electron chi connectivity index (χ0n) is 15.9. The van der Waals surface area contributed by atoms with Crippen LogP contribution < -0.4 is 10.1 Å². The molecule has 1 aromatic carbocycles. The molecule has 0 bridgehead atoms. The number of hydrogen-bond acceptors (Lipinski definition) is 3. The topological polar surface area (TPSA) is 40.1 Å². The molecule has 0 saturated heterocycles. The molecule has 0 aliphatic rings. The van der Waals surface area contributed by atoms with Crippen LogP contribution >= 0.6 is 24.0 Å². The first-order valence-electron chi connectivity index (χ1n) is 8.25. The van der Waals surface area contributed by atoms with Gasteiger partial charge in [0.15, 0.2) is 5.96 Å². The zero-order valence-corrected chi connectivity index (χ0v) is 18.2. The molecule has 0 fully saturated rings. The number of halogens is 1. The van der Waals surface area contributed by atoms with Gasteiger partial charge in [0.05, 0.1) is 13.2 Å². The van der Waals surface area contributed by atoms with Gasteiger partial charge in [0.1, 0.15) is 5.75 Å². The predicted octanol–water partition coefficient (Wildman–Crippen LogP) is 3.22. The van der Waals surface area contributed by atoms with Gasteiger partial charge in [-0.15, -0.1) is 24.0 Å². The summed E-state index contributed by atoms with van der Waals surface area (Å²) < 4.78 is 5.24. The normalized spacial score (nSPS) is 12.5. The molecule has 0 saturated carbocycles. The molecule has 0 spiro atoms. The van der Waals surface area contributed by atoms with Crippen molar-refractivity contribution in [3.8, 4) is 5.75 Å². The summed E-state index contributed by atoms with van der Waals surface area (Å²) in [5.41, 5.74) is 1.26. The SMILES string of the molecule is CCCCN(C)C(=NC)NCC(c1ccc(OC)cc1)N(C)C.I. The number of rotatable bonds is 8. The summed E-state index contributed by atoms with van der Waals surface area (Å²) >= 11 is 0. The molecule has 1 unspecified atom stereocenters. The van der Waals surface area contributed by atoms with Crippen LogP contribution in [0.1, 0.15) is 31.4 Å². The number of nitrogens with zero attached hydrogens (tertiary/aromatic N) is 3. The van der Waals surface area contributed by atoms with Crippen LogP contribution in [0.15, 0.2) is 29.3 Å². The summed E-state index contributed by atoms with van der Waals surface area (Å²) in [5, 5.41) is 3.49. The molecular formula is C18H33IN4O. The first-order valence-corrected chi connectivity index (χ1v) is 8.25. The van der Waals surface area contributed by atoms with Crippen molar-refractivity contribution in [1.82, 2.24) is 15.1 Å². The second kappa shape index (κ2) is 12.4. The second-order valence-electron chi connectivity index (χ2n) is 5.96. The average molecular weight is 448 g/mol. The van der Waals surface area contributed by atoms with Crippen molar-refractivity contribution in [1.29, 1.82) is 0 Å². The fraction of sp³-hybridized carbons (Fsp3) is 0.611. The van der Waals surface area contributed by atoms with Crippen LogP contribution in [0.25, 0.3) is 0 Å². The van der Waals surface area contributed by atoms with Crippen LogP contribution in [0, 0.1) is 0 Å². The fourth-order valence-corrected chi connectivity index (χ4v) is 2.50. The minimum Gasteiger partial charge on any atom is -0.497 e. The van der Waals surface area contributed by atoms with E-state index in [4.69, 9.17) is 4.74 Å². The smallest absolute Gasteiger partial charge is 0.193 e. The molecular weight excluding hydrogens is 415 g/mol. The lowest BCUT2D eigenvalue weighted by Gasteiger charge is -2.28. The third-order valence-electron chi connectivity index (χ3n) is 4.00. The first-order chi connectivity index (χ1) is 11.0. The van der Waals surface area contributed by atoms with Crippen molar-refractivity contribution in [2.75, 3.05) is 48.4 Å². The number of nitrogens with one attached hydrogen (secondary N) is 1. The fourth-order valence-electron chi connectivity index (χ4n) is 2.50. The average Bonchev–Trinajstić information content (AvgIpc) is 2.56. The molecule has 138 valence electrons. The Bertz CT molecular complexity index is 476. The number of guanidine groups is 1. The number of methoxy groups -OCH3 is 1. The minimum atomic E-state index is 0. The lowest BCUT2D eigenvalue weighted by molar-refractivity contribution is 0.295. The third kappa shape index (κ3) is 7.25. The molecule has 1 aromatic rings. The van der Waals surface area contributed by atoms with Crippen LogP contribution in [0.5, 0.6) is 5.75 Å². The van der Waals surface area contributed by atoms with Gasteiger partial charge in [-0.1, -0.05) is 25.5 Å². The van der Waals surface area contributed by atoms with Gasteiger partial charge >= 0.3 is 0 Å². The Hall–Kier alpha value is -1.02. The van der Waals surface area contributed by atoms with Crippen molar-refractivity contribution in [2.45, 2.75) is 25.8 Å². The molecule has 0 aliphatic heterocycles. The van der Waals surface area contributed by atoms with Crippen molar-refractivity contribution in [2.24, 2.45) is 4.99 Å². The van der Waals surface area contributed by atoms with Gasteiger partial charge in [-0.05, 0) is 38.2 Å². The van der Waals surface area contributed by atoms with E-state index in [0.29, 0.717) is 0 Å². The van der Waals surface area contributed by atoms with E-state index in [0.717, 1.165) is 24.8 Å². The Morgan fingerprint density at radius 3 is 2.29 bits per heavy atom. The largest absolute Gasteiger partial charge is 0.497 e. The standard InChI is InChI=1S/C18H32N4O.HI/c1-7-8-13-22(5)18(19-2)20-14-17(21(3)4)15-9-11-16(23-6)12-10-15;/h9-12,17H,7-8,13-14H2,1-6H3,(H,19,20);1H. The highest BCUT2D eigenvalue weighted by Crippen LogP contribution is 2.20. The third-order valence-corrected chi connectivity index (χ3v) is 4.00. The molecule has 1 N–H and O–H groups in total. The zero-order chi connectivity index (χ0) is 17.2. The number of benzene rings is 1. The molecule has 24 heavy (non-hydrogen) atoms. The molecule has 5 nitrogen and oxygen atoms in total. The lowest BCUT2D eigenvalue weighted by Crippen LogP contribution is -2.43. The minimum absolute atomic E-state index is 0. The number of ether oxygens (including phenoxy) is 1. The van der Waals surface area contributed by atoms with Crippen LogP contribution in [-0.4, -0.2) is 64.1 Å². The number of unbranched alkanes of at least 4 members (excludes halogenated alkanes) is 1. The summed E-state index contributed by atoms with van der Waals surface area (Å²) in [5.74, 6) is 1.83. The van der Waals surface area contributed by atoms with Gasteiger partial charge in [-0.3, -0.25) is 4.99 Å². The second-order valence-corrected chi connectivity index (χ2v) is 5.96. The van der Waals surface area contributed by atoms with E-state index in [1.165, 1.54) is 18.4 Å². The van der Waals surface area contributed by atoms with Crippen LogP contribution in [-0.2, 0) is 0 Å². The number of likely N-dealkylation sites (N-methyl/N-ethyl adjacent to an activating group) is 1. The van der Waals surface area contributed by atoms with E-state index in [9.17, 15) is 0 Å². The van der Waals surface area contributed by atoms with Crippen LogP contribution in [0.4, 0.5) is 0 Å². The Balaban J connectivity index is 0.00000529. The molecule has 6 heteroatoms. The molecule has 0 amide bonds. The van der Waals surface area contributed by atoms with Gasteiger partial charge in [0, 0.05) is 27.2 Å². The highest BCUT2D eigenvalue weighted by molar-refractivity contribution is 14.0. The Kier molecular flexibility index (Phi) is 11.8. The first kappa shape index (κ1) is 23.0. The Morgan fingerprint density at radius 2 is 1.83 bits per heavy atom. The number of hydrogen-bond donors (Lipinski definition) is 1. The Labute approximate surface area is 164 Å². The molecule has 0 aromatic heterocycles. The maximum atomic E-state index is 5.24. The van der Waals surface area contributed by atoms with E-state index >= 15 is 0 Å². The Morgan fingerprint density at radius 1 is 1.21 bits per heavy atom. The summed E-state index contributed by atoms with van der Waals surface area (Å²) in [6, 6.07) is 8.53. The molecule has 0 radical (unpaired) electrons. The summed E-state index contributed by atoms with van der Waals surface area (Å²) in [6.45, 7) is 4.03. The summed E-state index contributed by atoms with van der Waals surface area (Å²) in [7, 11) is 9.81. The van der Waals surface area contributed by atoms with Crippen molar-refractivity contribution in [3.05, 3.63) is 29.8 Å². The van der Waals surface area contributed by atoms with E-state index < -0.39 is 0 Å². The quantitative estimate of drug-likeness (QED) is 0.377. The van der Waals surface area contributed by atoms with E-state index in [-0.39, 0.29) is 30.0 Å². The van der Waals surface area contributed by atoms with E-state index in [1.807, 2.05) is 19.2 Å². The highest BCUT2D eigenvalue weighted by Gasteiger charge is 2.15. The van der Waals surface area contributed by atoms with Gasteiger partial charge in [-0.25, -0.2) is 0 Å². The van der Waals surface area contributed by atoms with Gasteiger partial charge in [0.25, 0.3) is 0 Å². The molecule has 1 atom stereocenters. The molecule has 0 aliphatic carbocycles. The maximum absolute atomic E-state index is 5.24. The maximum Gasteiger partial charge on any atom is 0.193 e. The van der Waals surface area contributed by atoms with Gasteiger partial charge in [-0.2, -0.15) is 0 Å². The monoisotopic (exact) mass is 448 g/mol. The van der Waals surface area contributed by atoms with E-state index in [1.54, 1.807) is 7.11 Å². The van der Waals surface area contributed by atoms with Crippen molar-refractivity contribution >= 4 is 29.9 Å². The summed E-state index contributed by atoms with van der Waals surface area (Å²) in [6.07, 6.45) is 2.36. The molecule has 0 heterocycles. The van der Waals surface area contributed by atoms with Gasteiger partial charge < -0.3 is 19.9 Å². The van der Waals surface area contributed by atoms with E-state index in [2.05, 4.69) is 60.3 Å². The summed E-state index contributed by atoms with van der Waals surface area (Å²) in [4.78, 5) is 8.79. The lowest BCUT2D eigenvalue weighted by atomic mass is 10.1. The highest BCUT2D eigenvalue weighted by atomic mass is 127.